The van der Waals surface area contributed by atoms with E-state index >= 15 is 0 Å². The lowest BCUT2D eigenvalue weighted by atomic mass is 10.1. The fourth-order valence-corrected chi connectivity index (χ4v) is 1.83. The predicted molar refractivity (Wildman–Crippen MR) is 59.8 cm³/mol. The van der Waals surface area contributed by atoms with Crippen molar-refractivity contribution in [3.63, 3.8) is 0 Å². The lowest BCUT2D eigenvalue weighted by molar-refractivity contribution is 1.16. The first-order valence-electron chi connectivity index (χ1n) is 4.95. The van der Waals surface area contributed by atoms with Crippen molar-refractivity contribution in [2.24, 2.45) is 0 Å². The van der Waals surface area contributed by atoms with Crippen molar-refractivity contribution in [3.05, 3.63) is 28.1 Å². The smallest absolute Gasteiger partial charge is 0.0916 e. The largest absolute Gasteiger partial charge is 0.357 e. The summed E-state index contributed by atoms with van der Waals surface area (Å²) < 4.78 is 0. The summed E-state index contributed by atoms with van der Waals surface area (Å²) in [5.74, 6) is 0. The summed E-state index contributed by atoms with van der Waals surface area (Å²) in [6, 6.07) is 0. The molecule has 0 aromatic carbocycles. The van der Waals surface area contributed by atoms with Crippen LogP contribution in [0.25, 0.3) is 11.0 Å². The van der Waals surface area contributed by atoms with Gasteiger partial charge < -0.3 is 4.98 Å². The monoisotopic (exact) mass is 188 g/mol. The molecule has 0 unspecified atom stereocenters. The van der Waals surface area contributed by atoms with E-state index in [4.69, 9.17) is 0 Å². The van der Waals surface area contributed by atoms with Crippen LogP contribution in [0.2, 0.25) is 0 Å². The summed E-state index contributed by atoms with van der Waals surface area (Å²) in [7, 11) is 0. The minimum Gasteiger partial charge on any atom is -0.357 e. The summed E-state index contributed by atoms with van der Waals surface area (Å²) >= 11 is 0. The van der Waals surface area contributed by atoms with E-state index in [2.05, 4.69) is 44.6 Å². The lowest BCUT2D eigenvalue weighted by Gasteiger charge is -2.04. The topological polar surface area (TPSA) is 28.7 Å². The van der Waals surface area contributed by atoms with Crippen LogP contribution in [0.4, 0.5) is 0 Å². The molecule has 2 heterocycles. The first-order chi connectivity index (χ1) is 6.52. The Morgan fingerprint density at radius 3 is 2.14 bits per heavy atom. The quantitative estimate of drug-likeness (QED) is 0.676. The van der Waals surface area contributed by atoms with E-state index in [-0.39, 0.29) is 0 Å². The molecule has 0 bridgehead atoms. The Morgan fingerprint density at radius 2 is 1.50 bits per heavy atom. The summed E-state index contributed by atoms with van der Waals surface area (Å²) in [6.07, 6.45) is 0. The number of rotatable bonds is 0. The van der Waals surface area contributed by atoms with Crippen LogP contribution in [0.15, 0.2) is 0 Å². The van der Waals surface area contributed by atoms with Gasteiger partial charge in [0.1, 0.15) is 0 Å². The molecule has 14 heavy (non-hydrogen) atoms. The van der Waals surface area contributed by atoms with Crippen molar-refractivity contribution in [2.45, 2.75) is 34.6 Å². The Labute approximate surface area is 84.4 Å². The number of hydrogen-bond acceptors (Lipinski definition) is 1. The highest BCUT2D eigenvalue weighted by Gasteiger charge is 2.10. The first kappa shape index (κ1) is 9.25. The van der Waals surface area contributed by atoms with Crippen molar-refractivity contribution in [2.75, 3.05) is 0 Å². The van der Waals surface area contributed by atoms with E-state index in [1.807, 2.05) is 0 Å². The van der Waals surface area contributed by atoms with Gasteiger partial charge in [0.05, 0.1) is 11.0 Å². The Bertz CT molecular complexity index is 507. The highest BCUT2D eigenvalue weighted by Crippen LogP contribution is 2.25. The molecule has 2 nitrogen and oxygen atoms in total. The molecule has 0 fully saturated rings. The number of hydrogen-bond donors (Lipinski definition) is 1. The average molecular weight is 188 g/mol. The Balaban J connectivity index is 2.98. The van der Waals surface area contributed by atoms with Crippen LogP contribution in [-0.4, -0.2) is 9.97 Å². The second kappa shape index (κ2) is 2.84. The maximum atomic E-state index is 4.63. The SMILES string of the molecule is Cc1nc2c(C)c(C)[nH]c2c(C)c1C. The molecule has 2 rings (SSSR count). The fraction of sp³-hybridized carbons (Fsp3) is 0.417. The number of aryl methyl sites for hydroxylation is 4. The molecule has 0 saturated carbocycles. The molecule has 0 atom stereocenters. The molecule has 1 N–H and O–H groups in total. The van der Waals surface area contributed by atoms with Gasteiger partial charge in [-0.1, -0.05) is 0 Å². The highest BCUT2D eigenvalue weighted by molar-refractivity contribution is 5.84. The molecule has 2 heteroatoms. The summed E-state index contributed by atoms with van der Waals surface area (Å²) in [6.45, 7) is 10.6. The average Bonchev–Trinajstić information content (AvgIpc) is 2.42. The second-order valence-corrected chi connectivity index (χ2v) is 4.05. The van der Waals surface area contributed by atoms with Crippen LogP contribution < -0.4 is 0 Å². The molecular weight excluding hydrogens is 172 g/mol. The number of nitrogens with zero attached hydrogens (tertiary/aromatic N) is 1. The number of nitrogens with one attached hydrogen (secondary N) is 1. The minimum atomic E-state index is 1.13. The Hall–Kier alpha value is -1.31. The maximum absolute atomic E-state index is 4.63. The van der Waals surface area contributed by atoms with Gasteiger partial charge in [-0.25, -0.2) is 0 Å². The van der Waals surface area contributed by atoms with Gasteiger partial charge in [0.15, 0.2) is 0 Å². The predicted octanol–water partition coefficient (Wildman–Crippen LogP) is 3.11. The van der Waals surface area contributed by atoms with Crippen molar-refractivity contribution >= 4 is 11.0 Å². The van der Waals surface area contributed by atoms with E-state index < -0.39 is 0 Å². The van der Waals surface area contributed by atoms with E-state index in [9.17, 15) is 0 Å². The molecule has 0 radical (unpaired) electrons. The van der Waals surface area contributed by atoms with Gasteiger partial charge >= 0.3 is 0 Å². The van der Waals surface area contributed by atoms with Gasteiger partial charge in [0.25, 0.3) is 0 Å². The second-order valence-electron chi connectivity index (χ2n) is 4.05. The van der Waals surface area contributed by atoms with Crippen LogP contribution in [0.3, 0.4) is 0 Å². The van der Waals surface area contributed by atoms with Crippen LogP contribution >= 0.6 is 0 Å². The zero-order valence-corrected chi connectivity index (χ0v) is 9.45. The number of pyridine rings is 1. The van der Waals surface area contributed by atoms with Crippen LogP contribution in [0, 0.1) is 34.6 Å². The Morgan fingerprint density at radius 1 is 0.857 bits per heavy atom. The van der Waals surface area contributed by atoms with Crippen molar-refractivity contribution in [1.82, 2.24) is 9.97 Å². The standard InChI is InChI=1S/C12H16N2/c1-6-7(2)11-12(13-9(6)4)8(3)10(5)14-11/h14H,1-5H3. The van der Waals surface area contributed by atoms with E-state index in [0.717, 1.165) is 11.2 Å². The molecule has 0 spiro atoms. The number of H-pyrrole nitrogens is 1. The summed E-state index contributed by atoms with van der Waals surface area (Å²) in [5.41, 5.74) is 8.57. The third-order valence-electron chi connectivity index (χ3n) is 3.23. The fourth-order valence-electron chi connectivity index (χ4n) is 1.83. The number of fused-ring (bicyclic) bond motifs is 1. The molecule has 2 aromatic heterocycles. The van der Waals surface area contributed by atoms with Gasteiger partial charge in [0, 0.05) is 11.4 Å². The zero-order valence-electron chi connectivity index (χ0n) is 9.45. The van der Waals surface area contributed by atoms with Gasteiger partial charge in [-0.3, -0.25) is 4.98 Å². The maximum Gasteiger partial charge on any atom is 0.0916 e. The molecule has 0 aliphatic carbocycles. The van der Waals surface area contributed by atoms with Gasteiger partial charge in [-0.2, -0.15) is 0 Å². The zero-order chi connectivity index (χ0) is 10.5. The molecular formula is C12H16N2. The number of aromatic amines is 1. The molecule has 0 aliphatic rings. The summed E-state index contributed by atoms with van der Waals surface area (Å²) in [5, 5.41) is 0. The first-order valence-corrected chi connectivity index (χ1v) is 4.95. The normalized spacial score (nSPS) is 11.2. The van der Waals surface area contributed by atoms with E-state index in [0.29, 0.717) is 0 Å². The summed E-state index contributed by atoms with van der Waals surface area (Å²) in [4.78, 5) is 8.03. The molecule has 2 aromatic rings. The van der Waals surface area contributed by atoms with Crippen LogP contribution in [-0.2, 0) is 0 Å². The molecule has 74 valence electrons. The molecule has 0 aliphatic heterocycles. The Kier molecular flexibility index (Phi) is 1.88. The van der Waals surface area contributed by atoms with E-state index in [1.165, 1.54) is 27.9 Å². The van der Waals surface area contributed by atoms with Crippen molar-refractivity contribution in [1.29, 1.82) is 0 Å². The highest BCUT2D eigenvalue weighted by atomic mass is 14.8. The number of aromatic nitrogens is 2. The lowest BCUT2D eigenvalue weighted by Crippen LogP contribution is -1.92. The van der Waals surface area contributed by atoms with Gasteiger partial charge in [-0.05, 0) is 51.3 Å². The van der Waals surface area contributed by atoms with Crippen molar-refractivity contribution < 1.29 is 0 Å². The third kappa shape index (κ3) is 1.07. The van der Waals surface area contributed by atoms with Crippen LogP contribution in [0.5, 0.6) is 0 Å². The van der Waals surface area contributed by atoms with Gasteiger partial charge in [-0.15, -0.1) is 0 Å². The molecule has 0 saturated heterocycles. The third-order valence-corrected chi connectivity index (χ3v) is 3.23. The minimum absolute atomic E-state index is 1.13. The van der Waals surface area contributed by atoms with Crippen LogP contribution in [0.1, 0.15) is 28.1 Å². The van der Waals surface area contributed by atoms with Gasteiger partial charge in [0.2, 0.25) is 0 Å². The van der Waals surface area contributed by atoms with E-state index in [1.54, 1.807) is 0 Å². The molecule has 0 amide bonds. The van der Waals surface area contributed by atoms with Crippen molar-refractivity contribution in [3.8, 4) is 0 Å².